The van der Waals surface area contributed by atoms with Crippen molar-refractivity contribution in [1.82, 2.24) is 10.2 Å². The molecule has 1 heterocycles. The molecular weight excluding hydrogens is 298 g/mol. The molecule has 1 aliphatic heterocycles. The van der Waals surface area contributed by atoms with Crippen LogP contribution in [0.1, 0.15) is 36.0 Å². The quantitative estimate of drug-likeness (QED) is 0.658. The molecule has 1 fully saturated rings. The zero-order valence-corrected chi connectivity index (χ0v) is 12.8. The number of nitrogens with one attached hydrogen (secondary N) is 1. The first kappa shape index (κ1) is 16.8. The molecule has 2 rings (SSSR count). The van der Waals surface area contributed by atoms with Gasteiger partial charge in [0.1, 0.15) is 11.8 Å². The molecule has 1 aliphatic rings. The molecule has 0 spiro atoms. The number of phenols is 1. The number of nitrogens with two attached hydrogens (primary N) is 1. The number of carbonyl (C=O) groups is 3. The minimum absolute atomic E-state index is 0.0989. The van der Waals surface area contributed by atoms with E-state index in [-0.39, 0.29) is 24.0 Å². The fourth-order valence-electron chi connectivity index (χ4n) is 2.66. The number of likely N-dealkylation sites (tertiary alicyclic amines) is 1. The summed E-state index contributed by atoms with van der Waals surface area (Å²) < 4.78 is 0. The molecular formula is C16H21N3O4. The van der Waals surface area contributed by atoms with Crippen LogP contribution in [-0.2, 0) is 9.59 Å². The first-order valence-corrected chi connectivity index (χ1v) is 7.65. The Bertz CT molecular complexity index is 585. The topological polar surface area (TPSA) is 113 Å². The fraction of sp³-hybridized carbons (Fsp3) is 0.438. The second-order valence-electron chi connectivity index (χ2n) is 5.55. The van der Waals surface area contributed by atoms with Crippen molar-refractivity contribution in [1.29, 1.82) is 0 Å². The van der Waals surface area contributed by atoms with Crippen LogP contribution in [0.25, 0.3) is 0 Å². The summed E-state index contributed by atoms with van der Waals surface area (Å²) in [5.74, 6) is -0.725. The maximum atomic E-state index is 12.1. The van der Waals surface area contributed by atoms with Gasteiger partial charge in [-0.3, -0.25) is 14.4 Å². The summed E-state index contributed by atoms with van der Waals surface area (Å²) in [6.07, 6.45) is 2.17. The van der Waals surface area contributed by atoms with Crippen LogP contribution in [-0.4, -0.2) is 46.9 Å². The lowest BCUT2D eigenvalue weighted by Gasteiger charge is -2.22. The van der Waals surface area contributed by atoms with Crippen molar-refractivity contribution in [2.45, 2.75) is 31.7 Å². The van der Waals surface area contributed by atoms with Gasteiger partial charge in [-0.1, -0.05) is 0 Å². The predicted molar refractivity (Wildman–Crippen MR) is 83.6 cm³/mol. The first-order chi connectivity index (χ1) is 11.0. The van der Waals surface area contributed by atoms with Gasteiger partial charge in [0.15, 0.2) is 0 Å². The Balaban J connectivity index is 1.72. The molecule has 4 N–H and O–H groups in total. The first-order valence-electron chi connectivity index (χ1n) is 7.65. The van der Waals surface area contributed by atoms with Crippen molar-refractivity contribution >= 4 is 17.7 Å². The van der Waals surface area contributed by atoms with Crippen LogP contribution >= 0.6 is 0 Å². The summed E-state index contributed by atoms with van der Waals surface area (Å²) in [6.45, 7) is 0.923. The Hall–Kier alpha value is -2.57. The van der Waals surface area contributed by atoms with Crippen molar-refractivity contribution < 1.29 is 19.5 Å². The molecule has 0 aliphatic carbocycles. The molecule has 1 aromatic rings. The Morgan fingerprint density at radius 1 is 1.26 bits per heavy atom. The van der Waals surface area contributed by atoms with Gasteiger partial charge in [-0.15, -0.1) is 0 Å². The maximum Gasteiger partial charge on any atom is 0.251 e. The summed E-state index contributed by atoms with van der Waals surface area (Å²) in [5.41, 5.74) is 5.73. The van der Waals surface area contributed by atoms with Gasteiger partial charge in [-0.25, -0.2) is 0 Å². The zero-order valence-electron chi connectivity index (χ0n) is 12.8. The summed E-state index contributed by atoms with van der Waals surface area (Å²) >= 11 is 0. The van der Waals surface area contributed by atoms with E-state index in [4.69, 9.17) is 5.73 Å². The highest BCUT2D eigenvalue weighted by molar-refractivity contribution is 5.94. The lowest BCUT2D eigenvalue weighted by Crippen LogP contribution is -2.43. The zero-order chi connectivity index (χ0) is 16.8. The second-order valence-corrected chi connectivity index (χ2v) is 5.55. The van der Waals surface area contributed by atoms with Crippen molar-refractivity contribution in [2.24, 2.45) is 5.73 Å². The molecule has 0 radical (unpaired) electrons. The summed E-state index contributed by atoms with van der Waals surface area (Å²) in [6, 6.07) is 5.44. The SMILES string of the molecule is NC(=O)[C@@H]1CCCN1C(=O)CCCNC(=O)c1ccc(O)cc1. The van der Waals surface area contributed by atoms with Crippen molar-refractivity contribution in [2.75, 3.05) is 13.1 Å². The molecule has 0 aromatic heterocycles. The van der Waals surface area contributed by atoms with Gasteiger partial charge in [0, 0.05) is 25.1 Å². The number of aromatic hydroxyl groups is 1. The van der Waals surface area contributed by atoms with Crippen LogP contribution in [0.5, 0.6) is 5.75 Å². The lowest BCUT2D eigenvalue weighted by atomic mass is 10.2. The van der Waals surface area contributed by atoms with Gasteiger partial charge in [0.25, 0.3) is 5.91 Å². The second kappa shape index (κ2) is 7.62. The van der Waals surface area contributed by atoms with Gasteiger partial charge >= 0.3 is 0 Å². The Labute approximate surface area is 134 Å². The minimum atomic E-state index is -0.492. The molecule has 1 aromatic carbocycles. The molecule has 0 unspecified atom stereocenters. The number of amides is 3. The van der Waals surface area contributed by atoms with Gasteiger partial charge in [0.2, 0.25) is 11.8 Å². The predicted octanol–water partition coefficient (Wildman–Crippen LogP) is 0.378. The smallest absolute Gasteiger partial charge is 0.251 e. The summed E-state index contributed by atoms with van der Waals surface area (Å²) in [5, 5.41) is 11.9. The number of hydrogen-bond acceptors (Lipinski definition) is 4. The minimum Gasteiger partial charge on any atom is -0.508 e. The van der Waals surface area contributed by atoms with Crippen LogP contribution in [0.4, 0.5) is 0 Å². The van der Waals surface area contributed by atoms with Crippen LogP contribution in [0.3, 0.4) is 0 Å². The Morgan fingerprint density at radius 2 is 1.96 bits per heavy atom. The molecule has 7 heteroatoms. The monoisotopic (exact) mass is 319 g/mol. The van der Waals surface area contributed by atoms with E-state index in [0.29, 0.717) is 31.5 Å². The van der Waals surface area contributed by atoms with Gasteiger partial charge in [-0.2, -0.15) is 0 Å². The highest BCUT2D eigenvalue weighted by Crippen LogP contribution is 2.18. The number of benzene rings is 1. The number of primary amides is 1. The average Bonchev–Trinajstić information content (AvgIpc) is 3.01. The van der Waals surface area contributed by atoms with E-state index in [9.17, 15) is 19.5 Å². The summed E-state index contributed by atoms with van der Waals surface area (Å²) in [7, 11) is 0. The largest absolute Gasteiger partial charge is 0.508 e. The van der Waals surface area contributed by atoms with Crippen LogP contribution < -0.4 is 11.1 Å². The fourth-order valence-corrected chi connectivity index (χ4v) is 2.66. The normalized spacial score (nSPS) is 17.0. The Kier molecular flexibility index (Phi) is 5.56. The number of carbonyl (C=O) groups excluding carboxylic acids is 3. The number of hydrogen-bond donors (Lipinski definition) is 3. The van der Waals surface area contributed by atoms with Crippen LogP contribution in [0.15, 0.2) is 24.3 Å². The summed E-state index contributed by atoms with van der Waals surface area (Å²) in [4.78, 5) is 36.7. The number of rotatable bonds is 6. The van der Waals surface area contributed by atoms with E-state index in [0.717, 1.165) is 6.42 Å². The van der Waals surface area contributed by atoms with E-state index < -0.39 is 11.9 Å². The van der Waals surface area contributed by atoms with Gasteiger partial charge < -0.3 is 21.1 Å². The van der Waals surface area contributed by atoms with E-state index >= 15 is 0 Å². The van der Waals surface area contributed by atoms with Crippen molar-refractivity contribution in [3.8, 4) is 5.75 Å². The average molecular weight is 319 g/mol. The van der Waals surface area contributed by atoms with Crippen LogP contribution in [0, 0.1) is 0 Å². The highest BCUT2D eigenvalue weighted by atomic mass is 16.3. The van der Waals surface area contributed by atoms with E-state index in [1.165, 1.54) is 29.2 Å². The number of phenolic OH excluding ortho intramolecular Hbond substituents is 1. The molecule has 1 saturated heterocycles. The molecule has 0 saturated carbocycles. The lowest BCUT2D eigenvalue weighted by molar-refractivity contribution is -0.137. The maximum absolute atomic E-state index is 12.1. The standard InChI is InChI=1S/C16H21N3O4/c17-15(22)13-3-2-10-19(13)14(21)4-1-9-18-16(23)11-5-7-12(20)8-6-11/h5-8,13,20H,1-4,9-10H2,(H2,17,22)(H,18,23)/t13-/m0/s1. The van der Waals surface area contributed by atoms with E-state index in [2.05, 4.69) is 5.32 Å². The van der Waals surface area contributed by atoms with E-state index in [1.54, 1.807) is 0 Å². The third kappa shape index (κ3) is 4.45. The van der Waals surface area contributed by atoms with Crippen LogP contribution in [0.2, 0.25) is 0 Å². The van der Waals surface area contributed by atoms with Gasteiger partial charge in [0.05, 0.1) is 0 Å². The van der Waals surface area contributed by atoms with Gasteiger partial charge in [-0.05, 0) is 43.5 Å². The van der Waals surface area contributed by atoms with Crippen molar-refractivity contribution in [3.05, 3.63) is 29.8 Å². The molecule has 124 valence electrons. The molecule has 3 amide bonds. The van der Waals surface area contributed by atoms with E-state index in [1.807, 2.05) is 0 Å². The van der Waals surface area contributed by atoms with Crippen molar-refractivity contribution in [3.63, 3.8) is 0 Å². The molecule has 23 heavy (non-hydrogen) atoms. The number of nitrogens with zero attached hydrogens (tertiary/aromatic N) is 1. The molecule has 7 nitrogen and oxygen atoms in total. The highest BCUT2D eigenvalue weighted by Gasteiger charge is 2.31. The third-order valence-corrected chi connectivity index (χ3v) is 3.88. The molecule has 1 atom stereocenters. The third-order valence-electron chi connectivity index (χ3n) is 3.88. The molecule has 0 bridgehead atoms. The Morgan fingerprint density at radius 3 is 2.61 bits per heavy atom.